The number of nitrogens with zero attached hydrogens (tertiary/aromatic N) is 1. The van der Waals surface area contributed by atoms with E-state index in [0.29, 0.717) is 0 Å². The predicted molar refractivity (Wildman–Crippen MR) is 67.2 cm³/mol. The van der Waals surface area contributed by atoms with Gasteiger partial charge in [0.1, 0.15) is 0 Å². The summed E-state index contributed by atoms with van der Waals surface area (Å²) in [7, 11) is 2.25. The van der Waals surface area contributed by atoms with E-state index < -0.39 is 0 Å². The van der Waals surface area contributed by atoms with Crippen molar-refractivity contribution in [1.29, 1.82) is 0 Å². The lowest BCUT2D eigenvalue weighted by Gasteiger charge is -2.30. The monoisotopic (exact) mass is 212 g/mol. The molecule has 1 saturated carbocycles. The predicted octanol–water partition coefficient (Wildman–Crippen LogP) is 2.35. The zero-order chi connectivity index (χ0) is 11.1. The van der Waals surface area contributed by atoms with Gasteiger partial charge in [0.25, 0.3) is 0 Å². The van der Waals surface area contributed by atoms with Crippen LogP contribution in [0.2, 0.25) is 0 Å². The third-order valence-corrected chi connectivity index (χ3v) is 3.36. The fraction of sp³-hybridized carbons (Fsp3) is 1.00. The molecule has 90 valence electrons. The fourth-order valence-electron chi connectivity index (χ4n) is 1.99. The molecule has 0 unspecified atom stereocenters. The molecule has 1 aliphatic carbocycles. The van der Waals surface area contributed by atoms with E-state index >= 15 is 0 Å². The molecule has 0 aromatic rings. The van der Waals surface area contributed by atoms with Gasteiger partial charge in [-0.1, -0.05) is 20.3 Å². The smallest absolute Gasteiger partial charge is 0.0104 e. The maximum atomic E-state index is 3.52. The first-order chi connectivity index (χ1) is 7.18. The fourth-order valence-corrected chi connectivity index (χ4v) is 1.99. The van der Waals surface area contributed by atoms with Gasteiger partial charge < -0.3 is 10.2 Å². The van der Waals surface area contributed by atoms with Crippen molar-refractivity contribution in [3.63, 3.8) is 0 Å². The van der Waals surface area contributed by atoms with Gasteiger partial charge in [-0.3, -0.25) is 0 Å². The van der Waals surface area contributed by atoms with E-state index in [1.807, 2.05) is 0 Å². The molecule has 0 aromatic heterocycles. The molecular weight excluding hydrogens is 184 g/mol. The summed E-state index contributed by atoms with van der Waals surface area (Å²) in [5.41, 5.74) is 0. The summed E-state index contributed by atoms with van der Waals surface area (Å²) >= 11 is 0. The zero-order valence-corrected chi connectivity index (χ0v) is 10.8. The molecule has 1 fully saturated rings. The number of nitrogens with one attached hydrogen (secondary N) is 1. The summed E-state index contributed by atoms with van der Waals surface area (Å²) in [6.45, 7) is 9.40. The van der Waals surface area contributed by atoms with Crippen molar-refractivity contribution in [2.24, 2.45) is 11.8 Å². The van der Waals surface area contributed by atoms with Gasteiger partial charge in [-0.2, -0.15) is 0 Å². The molecule has 0 radical (unpaired) electrons. The van der Waals surface area contributed by atoms with Crippen molar-refractivity contribution in [1.82, 2.24) is 10.2 Å². The highest BCUT2D eigenvalue weighted by Gasteiger charge is 2.18. The van der Waals surface area contributed by atoms with Crippen molar-refractivity contribution in [2.75, 3.05) is 33.2 Å². The van der Waals surface area contributed by atoms with Crippen LogP contribution in [0.1, 0.15) is 39.5 Å². The molecule has 2 nitrogen and oxygen atoms in total. The molecule has 0 aromatic carbocycles. The Labute approximate surface area is 95.4 Å². The van der Waals surface area contributed by atoms with Gasteiger partial charge in [0.05, 0.1) is 0 Å². The molecule has 0 heterocycles. The van der Waals surface area contributed by atoms with Crippen molar-refractivity contribution in [3.8, 4) is 0 Å². The number of likely N-dealkylation sites (N-methyl/N-ethyl adjacent to an activating group) is 1. The van der Waals surface area contributed by atoms with E-state index in [-0.39, 0.29) is 0 Å². The Morgan fingerprint density at radius 3 is 2.53 bits per heavy atom. The Bertz CT molecular complexity index is 153. The summed E-state index contributed by atoms with van der Waals surface area (Å²) in [5.74, 6) is 1.83. The van der Waals surface area contributed by atoms with Crippen molar-refractivity contribution >= 4 is 0 Å². The van der Waals surface area contributed by atoms with Crippen molar-refractivity contribution in [3.05, 3.63) is 0 Å². The van der Waals surface area contributed by atoms with E-state index in [2.05, 4.69) is 31.1 Å². The highest BCUT2D eigenvalue weighted by atomic mass is 15.1. The van der Waals surface area contributed by atoms with Crippen LogP contribution in [0.25, 0.3) is 0 Å². The maximum Gasteiger partial charge on any atom is 0.0104 e. The Morgan fingerprint density at radius 2 is 2.00 bits per heavy atom. The second-order valence-electron chi connectivity index (χ2n) is 5.49. The number of rotatable bonds is 8. The molecule has 2 heteroatoms. The Morgan fingerprint density at radius 1 is 1.27 bits per heavy atom. The van der Waals surface area contributed by atoms with E-state index in [0.717, 1.165) is 18.4 Å². The third-order valence-electron chi connectivity index (χ3n) is 3.36. The van der Waals surface area contributed by atoms with Crippen LogP contribution < -0.4 is 5.32 Å². The quantitative estimate of drug-likeness (QED) is 0.621. The summed E-state index contributed by atoms with van der Waals surface area (Å²) in [4.78, 5) is 2.48. The van der Waals surface area contributed by atoms with Crippen LogP contribution >= 0.6 is 0 Å². The summed E-state index contributed by atoms with van der Waals surface area (Å²) < 4.78 is 0. The minimum Gasteiger partial charge on any atom is -0.315 e. The van der Waals surface area contributed by atoms with Crippen LogP contribution in [0.15, 0.2) is 0 Å². The van der Waals surface area contributed by atoms with Crippen LogP contribution in [-0.2, 0) is 0 Å². The lowest BCUT2D eigenvalue weighted by Crippen LogP contribution is -2.35. The second kappa shape index (κ2) is 7.24. The highest BCUT2D eigenvalue weighted by molar-refractivity contribution is 4.72. The highest BCUT2D eigenvalue weighted by Crippen LogP contribution is 2.26. The Balaban J connectivity index is 1.85. The average molecular weight is 212 g/mol. The maximum absolute atomic E-state index is 3.52. The summed E-state index contributed by atoms with van der Waals surface area (Å²) in [6, 6.07) is 0. The first-order valence-corrected chi connectivity index (χ1v) is 6.57. The molecule has 0 aliphatic heterocycles. The largest absolute Gasteiger partial charge is 0.315 e. The van der Waals surface area contributed by atoms with Crippen molar-refractivity contribution in [2.45, 2.75) is 39.5 Å². The molecule has 15 heavy (non-hydrogen) atoms. The second-order valence-corrected chi connectivity index (χ2v) is 5.49. The minimum atomic E-state index is 0.824. The Kier molecular flexibility index (Phi) is 6.26. The summed E-state index contributed by atoms with van der Waals surface area (Å²) in [6.07, 6.45) is 5.69. The van der Waals surface area contributed by atoms with Gasteiger partial charge in [0.15, 0.2) is 0 Å². The topological polar surface area (TPSA) is 15.3 Å². The van der Waals surface area contributed by atoms with Crippen LogP contribution in [0.3, 0.4) is 0 Å². The van der Waals surface area contributed by atoms with Crippen LogP contribution in [0.5, 0.6) is 0 Å². The molecule has 1 N–H and O–H groups in total. The van der Waals surface area contributed by atoms with Gasteiger partial charge in [-0.15, -0.1) is 0 Å². The van der Waals surface area contributed by atoms with E-state index in [9.17, 15) is 0 Å². The number of hydrogen-bond donors (Lipinski definition) is 1. The molecule has 0 spiro atoms. The molecular formula is C13H28N2. The first kappa shape index (κ1) is 13.0. The average Bonchev–Trinajstić information content (AvgIpc) is 2.10. The van der Waals surface area contributed by atoms with Gasteiger partial charge in [-0.05, 0) is 44.7 Å². The van der Waals surface area contributed by atoms with Crippen molar-refractivity contribution < 1.29 is 0 Å². The minimum absolute atomic E-state index is 0.824. The Hall–Kier alpha value is -0.0800. The first-order valence-electron chi connectivity index (χ1n) is 6.57. The molecule has 0 bridgehead atoms. The van der Waals surface area contributed by atoms with E-state index in [1.165, 1.54) is 45.3 Å². The normalized spacial score (nSPS) is 17.4. The van der Waals surface area contributed by atoms with Crippen LogP contribution in [0, 0.1) is 11.8 Å². The van der Waals surface area contributed by atoms with Crippen LogP contribution in [0.4, 0.5) is 0 Å². The molecule has 0 saturated heterocycles. The third kappa shape index (κ3) is 6.16. The SMILES string of the molecule is CC(C)CCNCCN(C)CC1CCC1. The molecule has 0 atom stereocenters. The number of hydrogen-bond acceptors (Lipinski definition) is 2. The van der Waals surface area contributed by atoms with E-state index in [4.69, 9.17) is 0 Å². The standard InChI is InChI=1S/C13H28N2/c1-12(2)7-8-14-9-10-15(3)11-13-5-4-6-13/h12-14H,4-11H2,1-3H3. The molecule has 0 amide bonds. The lowest BCUT2D eigenvalue weighted by atomic mass is 9.85. The molecule has 1 aliphatic rings. The zero-order valence-electron chi connectivity index (χ0n) is 10.8. The van der Waals surface area contributed by atoms with Crippen LogP contribution in [-0.4, -0.2) is 38.1 Å². The van der Waals surface area contributed by atoms with Gasteiger partial charge >= 0.3 is 0 Å². The summed E-state index contributed by atoms with van der Waals surface area (Å²) in [5, 5.41) is 3.52. The lowest BCUT2D eigenvalue weighted by molar-refractivity contribution is 0.205. The molecule has 1 rings (SSSR count). The van der Waals surface area contributed by atoms with Gasteiger partial charge in [0.2, 0.25) is 0 Å². The van der Waals surface area contributed by atoms with Gasteiger partial charge in [0, 0.05) is 19.6 Å². The van der Waals surface area contributed by atoms with E-state index in [1.54, 1.807) is 0 Å². The van der Waals surface area contributed by atoms with Gasteiger partial charge in [-0.25, -0.2) is 0 Å².